The van der Waals surface area contributed by atoms with Crippen molar-refractivity contribution in [3.05, 3.63) is 64.7 Å². The zero-order valence-corrected chi connectivity index (χ0v) is 17.5. The number of ether oxygens (including phenoxy) is 1. The van der Waals surface area contributed by atoms with Gasteiger partial charge in [-0.25, -0.2) is 24.0 Å². The molecule has 0 aromatic heterocycles. The van der Waals surface area contributed by atoms with Crippen molar-refractivity contribution in [2.45, 2.75) is 23.8 Å². The Hall–Kier alpha value is -3.75. The standard InChI is InChI=1S/C18H22N6O7S/c19-18(21-24(27)28)20-12-4-7-16(17(25)22-26)23-32(29,30)15-10-8-14(9-11-15)31-13-5-2-1-3-6-13/h1-3,5-6,8-11,16,23,26H,4,7,12H2,(H,22,25)(H3,19,20,21)/t16-/m1/s1. The fraction of sp³-hybridized carbons (Fsp3) is 0.222. The highest BCUT2D eigenvalue weighted by Gasteiger charge is 2.25. The van der Waals surface area contributed by atoms with Gasteiger partial charge in [-0.1, -0.05) is 18.2 Å². The van der Waals surface area contributed by atoms with Crippen molar-refractivity contribution in [2.24, 2.45) is 10.8 Å². The van der Waals surface area contributed by atoms with E-state index in [4.69, 9.17) is 15.7 Å². The number of hydrogen-bond donors (Lipinski definition) is 5. The third-order valence-corrected chi connectivity index (χ3v) is 5.49. The predicted molar refractivity (Wildman–Crippen MR) is 113 cm³/mol. The number of rotatable bonds is 11. The second kappa shape index (κ2) is 11.6. The molecule has 0 aliphatic carbocycles. The molecule has 0 aliphatic heterocycles. The molecule has 2 aromatic rings. The van der Waals surface area contributed by atoms with Crippen LogP contribution >= 0.6 is 0 Å². The molecule has 1 atom stereocenters. The number of para-hydroxylation sites is 1. The van der Waals surface area contributed by atoms with Gasteiger partial charge in [-0.05, 0) is 49.2 Å². The lowest BCUT2D eigenvalue weighted by atomic mass is 10.1. The normalized spacial score (nSPS) is 12.6. The molecule has 0 aliphatic rings. The fourth-order valence-electron chi connectivity index (χ4n) is 2.53. The minimum Gasteiger partial charge on any atom is -0.457 e. The molecule has 0 unspecified atom stereocenters. The third-order valence-electron chi connectivity index (χ3n) is 4.00. The Bertz CT molecular complexity index is 1050. The van der Waals surface area contributed by atoms with Crippen LogP contribution < -0.4 is 26.0 Å². The minimum absolute atomic E-state index is 0.0421. The minimum atomic E-state index is -4.11. The van der Waals surface area contributed by atoms with Gasteiger partial charge in [0.2, 0.25) is 10.0 Å². The number of amides is 1. The van der Waals surface area contributed by atoms with E-state index in [-0.39, 0.29) is 24.3 Å². The topological polar surface area (TPSA) is 198 Å². The average molecular weight is 466 g/mol. The molecule has 2 aromatic carbocycles. The van der Waals surface area contributed by atoms with Crippen LogP contribution in [-0.2, 0) is 14.8 Å². The SMILES string of the molecule is N/C(=N/[N+](=O)[O-])NCCC[C@@H](NS(=O)(=O)c1ccc(Oc2ccccc2)cc1)C(=O)NO. The van der Waals surface area contributed by atoms with E-state index in [0.29, 0.717) is 11.5 Å². The van der Waals surface area contributed by atoms with Gasteiger partial charge in [0.25, 0.3) is 11.9 Å². The van der Waals surface area contributed by atoms with Crippen LogP contribution in [0.15, 0.2) is 64.6 Å². The fourth-order valence-corrected chi connectivity index (χ4v) is 3.76. The number of carbonyl (C=O) groups is 1. The van der Waals surface area contributed by atoms with Crippen LogP contribution in [0, 0.1) is 10.1 Å². The third kappa shape index (κ3) is 7.82. The molecule has 0 saturated carbocycles. The molecule has 14 heteroatoms. The van der Waals surface area contributed by atoms with Gasteiger partial charge in [0.15, 0.2) is 5.03 Å². The summed E-state index contributed by atoms with van der Waals surface area (Å²) in [5.74, 6) is -0.403. The molecule has 0 fully saturated rings. The first-order valence-electron chi connectivity index (χ1n) is 9.23. The van der Waals surface area contributed by atoms with E-state index in [0.717, 1.165) is 0 Å². The summed E-state index contributed by atoms with van der Waals surface area (Å²) in [6, 6.07) is 13.2. The largest absolute Gasteiger partial charge is 0.457 e. The van der Waals surface area contributed by atoms with Crippen LogP contribution in [0.3, 0.4) is 0 Å². The van der Waals surface area contributed by atoms with E-state index in [1.54, 1.807) is 24.3 Å². The van der Waals surface area contributed by atoms with Crippen LogP contribution in [0.1, 0.15) is 12.8 Å². The maximum atomic E-state index is 12.7. The van der Waals surface area contributed by atoms with Crippen molar-refractivity contribution in [1.29, 1.82) is 0 Å². The Kier molecular flexibility index (Phi) is 8.88. The monoisotopic (exact) mass is 466 g/mol. The van der Waals surface area contributed by atoms with Crippen LogP contribution in [0.5, 0.6) is 11.5 Å². The Morgan fingerprint density at radius 3 is 2.38 bits per heavy atom. The molecular formula is C18H22N6O7S. The smallest absolute Gasteiger partial charge is 0.266 e. The van der Waals surface area contributed by atoms with Gasteiger partial charge < -0.3 is 15.8 Å². The zero-order chi connectivity index (χ0) is 23.6. The second-order valence-corrected chi connectivity index (χ2v) is 8.04. The summed E-state index contributed by atoms with van der Waals surface area (Å²) < 4.78 is 33.1. The van der Waals surface area contributed by atoms with E-state index in [9.17, 15) is 23.3 Å². The lowest BCUT2D eigenvalue weighted by Crippen LogP contribution is -2.46. The summed E-state index contributed by atoms with van der Waals surface area (Å²) in [6.07, 6.45) is 0.137. The van der Waals surface area contributed by atoms with Crippen molar-refractivity contribution >= 4 is 21.9 Å². The number of benzene rings is 2. The molecule has 172 valence electrons. The van der Waals surface area contributed by atoms with Crippen LogP contribution in [0.4, 0.5) is 0 Å². The number of nitrogens with zero attached hydrogens (tertiary/aromatic N) is 2. The molecule has 0 heterocycles. The second-order valence-electron chi connectivity index (χ2n) is 6.33. The summed E-state index contributed by atoms with van der Waals surface area (Å²) in [4.78, 5) is 22.0. The number of hydroxylamine groups is 1. The van der Waals surface area contributed by atoms with Gasteiger partial charge in [-0.15, -0.1) is 0 Å². The molecule has 32 heavy (non-hydrogen) atoms. The van der Waals surface area contributed by atoms with E-state index >= 15 is 0 Å². The highest BCUT2D eigenvalue weighted by atomic mass is 32.2. The van der Waals surface area contributed by atoms with E-state index in [1.165, 1.54) is 29.7 Å². The van der Waals surface area contributed by atoms with Gasteiger partial charge in [0, 0.05) is 6.54 Å². The van der Waals surface area contributed by atoms with Crippen LogP contribution in [0.2, 0.25) is 0 Å². The van der Waals surface area contributed by atoms with E-state index in [1.807, 2.05) is 6.07 Å². The number of hydrazone groups is 1. The Labute approximate surface area is 183 Å². The van der Waals surface area contributed by atoms with Gasteiger partial charge in [-0.3, -0.25) is 10.0 Å². The average Bonchev–Trinajstić information content (AvgIpc) is 2.76. The zero-order valence-electron chi connectivity index (χ0n) is 16.7. The van der Waals surface area contributed by atoms with E-state index < -0.39 is 33.0 Å². The highest BCUT2D eigenvalue weighted by molar-refractivity contribution is 7.89. The summed E-state index contributed by atoms with van der Waals surface area (Å²) in [6.45, 7) is 0.0750. The number of nitrogens with one attached hydrogen (secondary N) is 3. The number of guanidine groups is 1. The van der Waals surface area contributed by atoms with Gasteiger partial charge >= 0.3 is 0 Å². The van der Waals surface area contributed by atoms with Crippen molar-refractivity contribution in [3.63, 3.8) is 0 Å². The molecule has 13 nitrogen and oxygen atoms in total. The van der Waals surface area contributed by atoms with Crippen molar-refractivity contribution < 1.29 is 28.2 Å². The molecule has 0 radical (unpaired) electrons. The van der Waals surface area contributed by atoms with Crippen LogP contribution in [0.25, 0.3) is 0 Å². The summed E-state index contributed by atoms with van der Waals surface area (Å²) in [5, 5.41) is 23.4. The number of nitro groups is 1. The quantitative estimate of drug-likeness (QED) is 0.0781. The van der Waals surface area contributed by atoms with Crippen molar-refractivity contribution in [3.8, 4) is 11.5 Å². The van der Waals surface area contributed by atoms with Gasteiger partial charge in [-0.2, -0.15) is 4.72 Å². The number of sulfonamides is 1. The Balaban J connectivity index is 2.00. The van der Waals surface area contributed by atoms with Crippen molar-refractivity contribution in [2.75, 3.05) is 6.54 Å². The van der Waals surface area contributed by atoms with Crippen LogP contribution in [-0.4, -0.2) is 43.1 Å². The molecule has 2 rings (SSSR count). The summed E-state index contributed by atoms with van der Waals surface area (Å²) in [7, 11) is -4.11. The first kappa shape index (κ1) is 24.5. The van der Waals surface area contributed by atoms with Gasteiger partial charge in [0.05, 0.1) is 4.90 Å². The van der Waals surface area contributed by atoms with Gasteiger partial charge in [0.1, 0.15) is 22.6 Å². The highest BCUT2D eigenvalue weighted by Crippen LogP contribution is 2.22. The molecule has 0 bridgehead atoms. The number of hydrogen-bond acceptors (Lipinski definition) is 7. The Morgan fingerprint density at radius 2 is 1.78 bits per heavy atom. The summed E-state index contributed by atoms with van der Waals surface area (Å²) >= 11 is 0. The maximum absolute atomic E-state index is 12.7. The Morgan fingerprint density at radius 1 is 1.16 bits per heavy atom. The van der Waals surface area contributed by atoms with E-state index in [2.05, 4.69) is 15.1 Å². The number of carbonyl (C=O) groups excluding carboxylic acids is 1. The number of nitrogens with two attached hydrogens (primary N) is 1. The lowest BCUT2D eigenvalue weighted by Gasteiger charge is -2.17. The molecule has 6 N–H and O–H groups in total. The molecular weight excluding hydrogens is 444 g/mol. The first-order valence-corrected chi connectivity index (χ1v) is 10.7. The summed E-state index contributed by atoms with van der Waals surface area (Å²) in [5.41, 5.74) is 6.68. The maximum Gasteiger partial charge on any atom is 0.266 e. The molecule has 1 amide bonds. The predicted octanol–water partition coefficient (Wildman–Crippen LogP) is 0.507. The molecule has 0 saturated heterocycles. The molecule has 0 spiro atoms. The first-order chi connectivity index (χ1) is 15.2. The van der Waals surface area contributed by atoms with Crippen molar-refractivity contribution in [1.82, 2.24) is 15.5 Å². The lowest BCUT2D eigenvalue weighted by molar-refractivity contribution is -0.485.